The predicted octanol–water partition coefficient (Wildman–Crippen LogP) is 8.05. The van der Waals surface area contributed by atoms with Gasteiger partial charge in [-0.2, -0.15) is 0 Å². The zero-order chi connectivity index (χ0) is 28.1. The molecule has 1 aromatic heterocycles. The highest BCUT2D eigenvalue weighted by molar-refractivity contribution is 6.08. The average Bonchev–Trinajstić information content (AvgIpc) is 2.85. The summed E-state index contributed by atoms with van der Waals surface area (Å²) in [6, 6.07) is 15.0. The third kappa shape index (κ3) is 5.38. The summed E-state index contributed by atoms with van der Waals surface area (Å²) in [5.41, 5.74) is 6.46. The van der Waals surface area contributed by atoms with Gasteiger partial charge in [0.1, 0.15) is 18.5 Å². The van der Waals surface area contributed by atoms with Gasteiger partial charge in [0, 0.05) is 23.6 Å². The lowest BCUT2D eigenvalue weighted by Gasteiger charge is -2.32. The number of benzene rings is 3. The summed E-state index contributed by atoms with van der Waals surface area (Å²) in [7, 11) is 0. The van der Waals surface area contributed by atoms with Crippen molar-refractivity contribution in [2.75, 3.05) is 13.2 Å². The zero-order valence-corrected chi connectivity index (χ0v) is 24.4. The van der Waals surface area contributed by atoms with Crippen molar-refractivity contribution in [3.05, 3.63) is 70.9 Å². The van der Waals surface area contributed by atoms with Crippen LogP contribution < -0.4 is 4.74 Å². The van der Waals surface area contributed by atoms with Gasteiger partial charge >= 0.3 is 5.97 Å². The van der Waals surface area contributed by atoms with Crippen LogP contribution in [0.3, 0.4) is 0 Å². The Labute approximate surface area is 231 Å². The lowest BCUT2D eigenvalue weighted by atomic mass is 9.85. The Morgan fingerprint density at radius 3 is 2.51 bits per heavy atom. The Morgan fingerprint density at radius 2 is 1.79 bits per heavy atom. The highest BCUT2D eigenvalue weighted by Crippen LogP contribution is 2.45. The molecule has 1 aliphatic rings. The first-order valence-electron chi connectivity index (χ1n) is 13.8. The largest absolute Gasteiger partial charge is 0.493 e. The van der Waals surface area contributed by atoms with E-state index >= 15 is 0 Å². The van der Waals surface area contributed by atoms with Crippen molar-refractivity contribution in [2.45, 2.75) is 73.5 Å². The Hall–Kier alpha value is -3.44. The molecule has 3 aromatic carbocycles. The van der Waals surface area contributed by atoms with Crippen molar-refractivity contribution < 1.29 is 19.0 Å². The first kappa shape index (κ1) is 27.1. The second-order valence-electron chi connectivity index (χ2n) is 12.7. The SMILES string of the molecule is Cc1ccc2cc(C)c([C@@H](COC(=O)C(C)(C)C)OC(C)(C)C)c(-c3ccc4c5c(ccnc35)CCO4)c2c1. The molecule has 0 spiro atoms. The van der Waals surface area contributed by atoms with Crippen LogP contribution in [0.5, 0.6) is 5.75 Å². The van der Waals surface area contributed by atoms with Crippen LogP contribution in [0.2, 0.25) is 0 Å². The molecule has 2 heterocycles. The number of carbonyl (C=O) groups is 1. The van der Waals surface area contributed by atoms with Gasteiger partial charge in [0.2, 0.25) is 0 Å². The molecule has 0 bridgehead atoms. The van der Waals surface area contributed by atoms with E-state index in [0.29, 0.717) is 6.61 Å². The van der Waals surface area contributed by atoms with E-state index in [1.165, 1.54) is 11.1 Å². The minimum Gasteiger partial charge on any atom is -0.493 e. The fourth-order valence-corrected chi connectivity index (χ4v) is 5.45. The maximum atomic E-state index is 12.9. The molecule has 1 atom stereocenters. The fraction of sp³-hybridized carbons (Fsp3) is 0.412. The molecular weight excluding hydrogens is 486 g/mol. The molecule has 5 rings (SSSR count). The van der Waals surface area contributed by atoms with E-state index < -0.39 is 17.1 Å². The number of hydrogen-bond acceptors (Lipinski definition) is 5. The predicted molar refractivity (Wildman–Crippen MR) is 157 cm³/mol. The number of nitrogens with zero attached hydrogens (tertiary/aromatic N) is 1. The van der Waals surface area contributed by atoms with E-state index in [2.05, 4.69) is 56.3 Å². The number of rotatable bonds is 5. The second kappa shape index (κ2) is 9.95. The number of carbonyl (C=O) groups excluding carboxylic acids is 1. The first-order chi connectivity index (χ1) is 18.3. The zero-order valence-electron chi connectivity index (χ0n) is 24.4. The molecule has 0 amide bonds. The van der Waals surface area contributed by atoms with E-state index in [4.69, 9.17) is 19.2 Å². The molecule has 0 unspecified atom stereocenters. The molecule has 0 aliphatic carbocycles. The van der Waals surface area contributed by atoms with Crippen LogP contribution in [-0.4, -0.2) is 29.8 Å². The van der Waals surface area contributed by atoms with E-state index in [0.717, 1.165) is 56.1 Å². The topological polar surface area (TPSA) is 57.7 Å². The molecular formula is C34H39NO4. The summed E-state index contributed by atoms with van der Waals surface area (Å²) in [4.78, 5) is 17.7. The van der Waals surface area contributed by atoms with E-state index in [1.807, 2.05) is 47.7 Å². The Kier molecular flexibility index (Phi) is 6.92. The quantitative estimate of drug-likeness (QED) is 0.247. The minimum absolute atomic E-state index is 0.121. The van der Waals surface area contributed by atoms with Gasteiger partial charge in [-0.05, 0) is 107 Å². The Bertz CT molecular complexity index is 1560. The average molecular weight is 526 g/mol. The first-order valence-corrected chi connectivity index (χ1v) is 13.8. The number of aryl methyl sites for hydroxylation is 2. The smallest absolute Gasteiger partial charge is 0.311 e. The third-order valence-electron chi connectivity index (χ3n) is 7.18. The molecule has 4 aromatic rings. The van der Waals surface area contributed by atoms with Crippen molar-refractivity contribution in [3.63, 3.8) is 0 Å². The minimum atomic E-state index is -0.606. The molecule has 0 N–H and O–H groups in total. The van der Waals surface area contributed by atoms with Gasteiger partial charge in [-0.15, -0.1) is 0 Å². The summed E-state index contributed by atoms with van der Waals surface area (Å²) in [6.07, 6.45) is 2.28. The van der Waals surface area contributed by atoms with Crippen molar-refractivity contribution in [3.8, 4) is 16.9 Å². The number of esters is 1. The molecule has 5 heteroatoms. The van der Waals surface area contributed by atoms with E-state index in [-0.39, 0.29) is 12.6 Å². The van der Waals surface area contributed by atoms with Gasteiger partial charge in [-0.25, -0.2) is 0 Å². The van der Waals surface area contributed by atoms with Crippen LogP contribution in [-0.2, 0) is 20.7 Å². The van der Waals surface area contributed by atoms with Gasteiger partial charge in [-0.3, -0.25) is 9.78 Å². The van der Waals surface area contributed by atoms with Crippen LogP contribution >= 0.6 is 0 Å². The van der Waals surface area contributed by atoms with E-state index in [1.54, 1.807) is 0 Å². The van der Waals surface area contributed by atoms with Crippen LogP contribution in [0.4, 0.5) is 0 Å². The van der Waals surface area contributed by atoms with Crippen molar-refractivity contribution in [2.24, 2.45) is 5.41 Å². The van der Waals surface area contributed by atoms with Crippen LogP contribution in [0.1, 0.15) is 69.9 Å². The molecule has 0 radical (unpaired) electrons. The van der Waals surface area contributed by atoms with Crippen molar-refractivity contribution in [1.82, 2.24) is 4.98 Å². The summed E-state index contributed by atoms with van der Waals surface area (Å²) in [5.74, 6) is 0.626. The Balaban J connectivity index is 1.81. The van der Waals surface area contributed by atoms with E-state index in [9.17, 15) is 4.79 Å². The van der Waals surface area contributed by atoms with Crippen molar-refractivity contribution >= 4 is 27.6 Å². The highest BCUT2D eigenvalue weighted by atomic mass is 16.6. The number of pyridine rings is 1. The monoisotopic (exact) mass is 525 g/mol. The van der Waals surface area contributed by atoms with Crippen LogP contribution in [0.25, 0.3) is 32.8 Å². The molecule has 0 saturated carbocycles. The fourth-order valence-electron chi connectivity index (χ4n) is 5.45. The van der Waals surface area contributed by atoms with Gasteiger partial charge < -0.3 is 14.2 Å². The molecule has 5 nitrogen and oxygen atoms in total. The summed E-state index contributed by atoms with van der Waals surface area (Å²) >= 11 is 0. The summed E-state index contributed by atoms with van der Waals surface area (Å²) < 4.78 is 18.6. The summed E-state index contributed by atoms with van der Waals surface area (Å²) in [5, 5.41) is 3.34. The van der Waals surface area contributed by atoms with Gasteiger partial charge in [0.15, 0.2) is 0 Å². The van der Waals surface area contributed by atoms with Gasteiger partial charge in [0.25, 0.3) is 0 Å². The lowest BCUT2D eigenvalue weighted by molar-refractivity contribution is -0.162. The maximum absolute atomic E-state index is 12.9. The molecule has 204 valence electrons. The van der Waals surface area contributed by atoms with Gasteiger partial charge in [0.05, 0.1) is 23.1 Å². The third-order valence-corrected chi connectivity index (χ3v) is 7.18. The number of hydrogen-bond donors (Lipinski definition) is 0. The van der Waals surface area contributed by atoms with Crippen LogP contribution in [0.15, 0.2) is 48.7 Å². The number of aromatic nitrogens is 1. The highest BCUT2D eigenvalue weighted by Gasteiger charge is 2.31. The molecule has 0 saturated heterocycles. The molecule has 39 heavy (non-hydrogen) atoms. The maximum Gasteiger partial charge on any atom is 0.311 e. The molecule has 0 fully saturated rings. The lowest BCUT2D eigenvalue weighted by Crippen LogP contribution is -2.30. The van der Waals surface area contributed by atoms with Crippen LogP contribution in [0, 0.1) is 19.3 Å². The normalized spacial score (nSPS) is 14.4. The van der Waals surface area contributed by atoms with Crippen molar-refractivity contribution in [1.29, 1.82) is 0 Å². The van der Waals surface area contributed by atoms with Gasteiger partial charge in [-0.1, -0.05) is 29.8 Å². The number of ether oxygens (including phenoxy) is 3. The standard InChI is InChI=1S/C34H39NO4/c1-20-9-10-23-18-21(2)28(27(39-34(6,7)8)19-38-32(36)33(3,4)5)30(25(23)17-20)24-11-12-26-29-22(14-16-37-26)13-15-35-31(24)29/h9-13,15,17-18,27H,14,16,19H2,1-8H3/t27-/m1/s1. The number of fused-ring (bicyclic) bond motifs is 1. The molecule has 1 aliphatic heterocycles. The Morgan fingerprint density at radius 1 is 1.03 bits per heavy atom. The second-order valence-corrected chi connectivity index (χ2v) is 12.7. The summed E-state index contributed by atoms with van der Waals surface area (Å²) in [6.45, 7) is 16.7.